The highest BCUT2D eigenvalue weighted by Crippen LogP contribution is 2.22. The molecule has 0 saturated heterocycles. The minimum absolute atomic E-state index is 0.0175. The van der Waals surface area contributed by atoms with Crippen LogP contribution in [-0.2, 0) is 16.8 Å². The number of thioether (sulfide) groups is 1. The highest BCUT2D eigenvalue weighted by Gasteiger charge is 2.18. The second kappa shape index (κ2) is 7.85. The lowest BCUT2D eigenvalue weighted by Gasteiger charge is -2.22. The minimum Gasteiger partial charge on any atom is -0.340 e. The van der Waals surface area contributed by atoms with E-state index in [9.17, 15) is 4.79 Å². The van der Waals surface area contributed by atoms with Crippen LogP contribution in [0.2, 0.25) is 0 Å². The lowest BCUT2D eigenvalue weighted by atomic mass is 9.87. The van der Waals surface area contributed by atoms with E-state index in [1.165, 1.54) is 5.56 Å². The third-order valence-corrected chi connectivity index (χ3v) is 4.21. The molecule has 0 fully saturated rings. The number of nitrogens with zero attached hydrogens (tertiary/aromatic N) is 1. The van der Waals surface area contributed by atoms with Gasteiger partial charge < -0.3 is 10.6 Å². The molecule has 1 atom stereocenters. The zero-order chi connectivity index (χ0) is 16.0. The molecule has 4 heteroatoms. The summed E-state index contributed by atoms with van der Waals surface area (Å²) < 4.78 is 0. The molecule has 3 nitrogen and oxygen atoms in total. The summed E-state index contributed by atoms with van der Waals surface area (Å²) in [4.78, 5) is 13.9. The summed E-state index contributed by atoms with van der Waals surface area (Å²) in [7, 11) is 1.82. The maximum atomic E-state index is 12.2. The van der Waals surface area contributed by atoms with Crippen molar-refractivity contribution in [2.75, 3.05) is 19.1 Å². The molecular formula is C17H28N2OS. The molecule has 1 rings (SSSR count). The van der Waals surface area contributed by atoms with Crippen molar-refractivity contribution in [1.29, 1.82) is 0 Å². The van der Waals surface area contributed by atoms with Gasteiger partial charge in [0.1, 0.15) is 0 Å². The molecule has 2 N–H and O–H groups in total. The molecule has 0 heterocycles. The number of hydrogen-bond donors (Lipinski definition) is 1. The lowest BCUT2D eigenvalue weighted by molar-refractivity contribution is -0.131. The van der Waals surface area contributed by atoms with Gasteiger partial charge in [0, 0.05) is 13.6 Å². The van der Waals surface area contributed by atoms with Crippen molar-refractivity contribution < 1.29 is 4.79 Å². The lowest BCUT2D eigenvalue weighted by Crippen LogP contribution is -2.41. The highest BCUT2D eigenvalue weighted by atomic mass is 32.2. The molecule has 0 radical (unpaired) electrons. The summed E-state index contributed by atoms with van der Waals surface area (Å²) in [6.07, 6.45) is 2.75. The normalized spacial score (nSPS) is 13.0. The van der Waals surface area contributed by atoms with Crippen molar-refractivity contribution in [3.05, 3.63) is 35.4 Å². The maximum Gasteiger partial charge on any atom is 0.239 e. The topological polar surface area (TPSA) is 46.3 Å². The quantitative estimate of drug-likeness (QED) is 0.878. The average Bonchev–Trinajstić information content (AvgIpc) is 2.43. The van der Waals surface area contributed by atoms with Gasteiger partial charge in [-0.05, 0) is 35.0 Å². The molecular weight excluding hydrogens is 280 g/mol. The van der Waals surface area contributed by atoms with Crippen LogP contribution in [-0.4, -0.2) is 35.9 Å². The molecule has 118 valence electrons. The number of likely N-dealkylation sites (N-methyl/N-ethyl adjacent to an activating group) is 1. The SMILES string of the molecule is CSCC[C@H](N)C(=O)N(C)Cc1ccc(C(C)(C)C)cc1. The number of nitrogens with two attached hydrogens (primary N) is 1. The number of amides is 1. The Labute approximate surface area is 133 Å². The number of benzene rings is 1. The Morgan fingerprint density at radius 2 is 1.86 bits per heavy atom. The van der Waals surface area contributed by atoms with Crippen molar-refractivity contribution in [3.8, 4) is 0 Å². The van der Waals surface area contributed by atoms with Crippen molar-refractivity contribution in [1.82, 2.24) is 4.90 Å². The highest BCUT2D eigenvalue weighted by molar-refractivity contribution is 7.98. The van der Waals surface area contributed by atoms with Crippen molar-refractivity contribution in [3.63, 3.8) is 0 Å². The van der Waals surface area contributed by atoms with Crippen molar-refractivity contribution >= 4 is 17.7 Å². The first-order valence-electron chi connectivity index (χ1n) is 7.34. The van der Waals surface area contributed by atoms with Crippen LogP contribution in [0.5, 0.6) is 0 Å². The van der Waals surface area contributed by atoms with E-state index < -0.39 is 6.04 Å². The summed E-state index contributed by atoms with van der Waals surface area (Å²) >= 11 is 1.72. The largest absolute Gasteiger partial charge is 0.340 e. The van der Waals surface area contributed by atoms with Gasteiger partial charge in [-0.1, -0.05) is 45.0 Å². The molecule has 1 amide bonds. The molecule has 0 aliphatic heterocycles. The fraction of sp³-hybridized carbons (Fsp3) is 0.588. The van der Waals surface area contributed by atoms with Crippen LogP contribution in [0.15, 0.2) is 24.3 Å². The van der Waals surface area contributed by atoms with Crippen LogP contribution >= 0.6 is 11.8 Å². The molecule has 0 aromatic heterocycles. The zero-order valence-corrected chi connectivity index (χ0v) is 14.7. The summed E-state index contributed by atoms with van der Waals surface area (Å²) in [6, 6.07) is 8.08. The molecule has 0 bridgehead atoms. The first kappa shape index (κ1) is 18.1. The second-order valence-corrected chi connectivity index (χ2v) is 7.51. The predicted octanol–water partition coefficient (Wildman–Crippen LogP) is 3.02. The number of hydrogen-bond acceptors (Lipinski definition) is 3. The number of carbonyl (C=O) groups is 1. The molecule has 0 saturated carbocycles. The fourth-order valence-corrected chi connectivity index (χ4v) is 2.60. The van der Waals surface area contributed by atoms with E-state index in [4.69, 9.17) is 5.73 Å². The fourth-order valence-electron chi connectivity index (χ4n) is 2.11. The smallest absolute Gasteiger partial charge is 0.239 e. The monoisotopic (exact) mass is 308 g/mol. The van der Waals surface area contributed by atoms with E-state index >= 15 is 0 Å². The Bertz CT molecular complexity index is 451. The summed E-state index contributed by atoms with van der Waals surface area (Å²) in [6.45, 7) is 7.20. The second-order valence-electron chi connectivity index (χ2n) is 6.53. The van der Waals surface area contributed by atoms with E-state index in [0.717, 1.165) is 17.7 Å². The molecule has 0 spiro atoms. The molecule has 1 aromatic rings. The minimum atomic E-state index is -0.392. The standard InChI is InChI=1S/C17H28N2OS/c1-17(2,3)14-8-6-13(7-9-14)12-19(4)16(20)15(18)10-11-21-5/h6-9,15H,10-12,18H2,1-5H3/t15-/m0/s1. The molecule has 0 aliphatic carbocycles. The summed E-state index contributed by atoms with van der Waals surface area (Å²) in [5.74, 6) is 0.935. The Hall–Kier alpha value is -1.00. The van der Waals surface area contributed by atoms with Gasteiger partial charge in [0.05, 0.1) is 6.04 Å². The molecule has 1 aromatic carbocycles. The van der Waals surface area contributed by atoms with Crippen LogP contribution < -0.4 is 5.73 Å². The first-order chi connectivity index (χ1) is 9.75. The van der Waals surface area contributed by atoms with Gasteiger partial charge in [-0.2, -0.15) is 11.8 Å². The van der Waals surface area contributed by atoms with Gasteiger partial charge in [0.25, 0.3) is 0 Å². The van der Waals surface area contributed by atoms with Crippen LogP contribution in [0.4, 0.5) is 0 Å². The third kappa shape index (κ3) is 5.71. The number of rotatable bonds is 6. The van der Waals surface area contributed by atoms with Crippen LogP contribution in [0.3, 0.4) is 0 Å². The Balaban J connectivity index is 2.62. The van der Waals surface area contributed by atoms with Gasteiger partial charge in [-0.15, -0.1) is 0 Å². The van der Waals surface area contributed by atoms with E-state index in [1.54, 1.807) is 16.7 Å². The van der Waals surface area contributed by atoms with E-state index in [2.05, 4.69) is 45.0 Å². The Morgan fingerprint density at radius 3 is 2.33 bits per heavy atom. The van der Waals surface area contributed by atoms with Crippen LogP contribution in [0.25, 0.3) is 0 Å². The Kier molecular flexibility index (Phi) is 6.75. The predicted molar refractivity (Wildman–Crippen MR) is 92.6 cm³/mol. The number of carbonyl (C=O) groups excluding carboxylic acids is 1. The van der Waals surface area contributed by atoms with Crippen molar-refractivity contribution in [2.24, 2.45) is 5.73 Å². The van der Waals surface area contributed by atoms with Gasteiger partial charge in [0.2, 0.25) is 5.91 Å². The zero-order valence-electron chi connectivity index (χ0n) is 13.8. The first-order valence-corrected chi connectivity index (χ1v) is 8.74. The molecule has 0 unspecified atom stereocenters. The van der Waals surface area contributed by atoms with E-state index in [1.807, 2.05) is 13.3 Å². The van der Waals surface area contributed by atoms with Crippen molar-refractivity contribution in [2.45, 2.75) is 45.2 Å². The Morgan fingerprint density at radius 1 is 1.29 bits per heavy atom. The average molecular weight is 308 g/mol. The molecule has 21 heavy (non-hydrogen) atoms. The van der Waals surface area contributed by atoms with Gasteiger partial charge in [-0.25, -0.2) is 0 Å². The van der Waals surface area contributed by atoms with E-state index in [-0.39, 0.29) is 11.3 Å². The summed E-state index contributed by atoms with van der Waals surface area (Å²) in [5.41, 5.74) is 8.53. The van der Waals surface area contributed by atoms with Crippen LogP contribution in [0, 0.1) is 0 Å². The summed E-state index contributed by atoms with van der Waals surface area (Å²) in [5, 5.41) is 0. The van der Waals surface area contributed by atoms with Gasteiger partial charge >= 0.3 is 0 Å². The van der Waals surface area contributed by atoms with E-state index in [0.29, 0.717) is 6.54 Å². The van der Waals surface area contributed by atoms with Gasteiger partial charge in [0.15, 0.2) is 0 Å². The molecule has 0 aliphatic rings. The van der Waals surface area contributed by atoms with Gasteiger partial charge in [-0.3, -0.25) is 4.79 Å². The maximum absolute atomic E-state index is 12.2. The third-order valence-electron chi connectivity index (χ3n) is 3.57. The van der Waals surface area contributed by atoms with Crippen LogP contribution in [0.1, 0.15) is 38.3 Å².